The maximum absolute atomic E-state index is 12.6. The second-order valence-corrected chi connectivity index (χ2v) is 8.13. The third-order valence-corrected chi connectivity index (χ3v) is 6.28. The van der Waals surface area contributed by atoms with Crippen LogP contribution in [0.1, 0.15) is 68.9 Å². The molecule has 3 rings (SSSR count). The Kier molecular flexibility index (Phi) is 6.33. The van der Waals surface area contributed by atoms with Gasteiger partial charge in [0.15, 0.2) is 0 Å². The Morgan fingerprint density at radius 1 is 0.846 bits per heavy atom. The van der Waals surface area contributed by atoms with Crippen molar-refractivity contribution in [3.63, 3.8) is 0 Å². The van der Waals surface area contributed by atoms with Gasteiger partial charge in [0.2, 0.25) is 11.8 Å². The average Bonchev–Trinajstić information content (AvgIpc) is 2.66. The number of nitrogens with one attached hydrogen (secondary N) is 2. The van der Waals surface area contributed by atoms with Crippen molar-refractivity contribution >= 4 is 17.5 Å². The SMILES string of the molecule is Cc1cccc(NC(=O)C2CCC(C(=O)NC3CCCCC3)CC2)c1C. The van der Waals surface area contributed by atoms with Crippen molar-refractivity contribution in [2.24, 2.45) is 11.8 Å². The molecular formula is C22H32N2O2. The first-order valence-electron chi connectivity index (χ1n) is 10.2. The Morgan fingerprint density at radius 3 is 2.12 bits per heavy atom. The molecule has 0 spiro atoms. The van der Waals surface area contributed by atoms with E-state index in [-0.39, 0.29) is 23.7 Å². The van der Waals surface area contributed by atoms with E-state index in [1.54, 1.807) is 0 Å². The minimum Gasteiger partial charge on any atom is -0.353 e. The van der Waals surface area contributed by atoms with Gasteiger partial charge in [-0.15, -0.1) is 0 Å². The summed E-state index contributed by atoms with van der Waals surface area (Å²) in [5, 5.41) is 6.34. The summed E-state index contributed by atoms with van der Waals surface area (Å²) in [5.41, 5.74) is 3.22. The van der Waals surface area contributed by atoms with Crippen molar-refractivity contribution in [3.05, 3.63) is 29.3 Å². The molecule has 0 atom stereocenters. The van der Waals surface area contributed by atoms with Crippen molar-refractivity contribution in [1.29, 1.82) is 0 Å². The smallest absolute Gasteiger partial charge is 0.227 e. The van der Waals surface area contributed by atoms with Crippen LogP contribution in [-0.4, -0.2) is 17.9 Å². The molecule has 0 heterocycles. The van der Waals surface area contributed by atoms with Crippen molar-refractivity contribution in [3.8, 4) is 0 Å². The van der Waals surface area contributed by atoms with Crippen LogP contribution in [-0.2, 0) is 9.59 Å². The molecule has 142 valence electrons. The fourth-order valence-corrected chi connectivity index (χ4v) is 4.31. The molecule has 2 saturated carbocycles. The van der Waals surface area contributed by atoms with Gasteiger partial charge in [0.05, 0.1) is 0 Å². The molecule has 0 unspecified atom stereocenters. The maximum Gasteiger partial charge on any atom is 0.227 e. The zero-order chi connectivity index (χ0) is 18.5. The molecule has 0 aliphatic heterocycles. The molecule has 0 bridgehead atoms. The molecular weight excluding hydrogens is 324 g/mol. The van der Waals surface area contributed by atoms with Gasteiger partial charge < -0.3 is 10.6 Å². The fourth-order valence-electron chi connectivity index (χ4n) is 4.31. The lowest BCUT2D eigenvalue weighted by Gasteiger charge is -2.30. The quantitative estimate of drug-likeness (QED) is 0.834. The molecule has 1 aromatic carbocycles. The Labute approximate surface area is 157 Å². The number of rotatable bonds is 4. The van der Waals surface area contributed by atoms with E-state index in [0.717, 1.165) is 49.8 Å². The topological polar surface area (TPSA) is 58.2 Å². The highest BCUT2D eigenvalue weighted by Gasteiger charge is 2.31. The predicted molar refractivity (Wildman–Crippen MR) is 105 cm³/mol. The van der Waals surface area contributed by atoms with E-state index in [1.165, 1.54) is 24.8 Å². The van der Waals surface area contributed by atoms with Gasteiger partial charge >= 0.3 is 0 Å². The normalized spacial score (nSPS) is 24.1. The van der Waals surface area contributed by atoms with Crippen LogP contribution in [0, 0.1) is 25.7 Å². The molecule has 2 amide bonds. The zero-order valence-corrected chi connectivity index (χ0v) is 16.1. The van der Waals surface area contributed by atoms with E-state index in [4.69, 9.17) is 0 Å². The number of carbonyl (C=O) groups is 2. The molecule has 26 heavy (non-hydrogen) atoms. The third-order valence-electron chi connectivity index (χ3n) is 6.28. The summed E-state index contributed by atoms with van der Waals surface area (Å²) in [4.78, 5) is 25.1. The van der Waals surface area contributed by atoms with Gasteiger partial charge in [0.25, 0.3) is 0 Å². The van der Waals surface area contributed by atoms with E-state index in [9.17, 15) is 9.59 Å². The number of hydrogen-bond acceptors (Lipinski definition) is 2. The van der Waals surface area contributed by atoms with Crippen LogP contribution in [0.15, 0.2) is 18.2 Å². The van der Waals surface area contributed by atoms with Crippen LogP contribution in [0.5, 0.6) is 0 Å². The van der Waals surface area contributed by atoms with E-state index in [2.05, 4.69) is 23.6 Å². The first kappa shape index (κ1) is 18.9. The minimum atomic E-state index is 0.0219. The van der Waals surface area contributed by atoms with E-state index in [1.807, 2.05) is 19.1 Å². The first-order chi connectivity index (χ1) is 12.5. The lowest BCUT2D eigenvalue weighted by atomic mass is 9.80. The number of carbonyl (C=O) groups excluding carboxylic acids is 2. The van der Waals surface area contributed by atoms with Crippen LogP contribution in [0.2, 0.25) is 0 Å². The molecule has 0 radical (unpaired) electrons. The lowest BCUT2D eigenvalue weighted by Crippen LogP contribution is -2.41. The van der Waals surface area contributed by atoms with Crippen LogP contribution < -0.4 is 10.6 Å². The highest BCUT2D eigenvalue weighted by Crippen LogP contribution is 2.31. The lowest BCUT2D eigenvalue weighted by molar-refractivity contribution is -0.129. The summed E-state index contributed by atoms with van der Waals surface area (Å²) in [6.07, 6.45) is 9.27. The highest BCUT2D eigenvalue weighted by molar-refractivity contribution is 5.93. The molecule has 1 aromatic rings. The molecule has 2 N–H and O–H groups in total. The van der Waals surface area contributed by atoms with Crippen molar-refractivity contribution in [2.45, 2.75) is 77.7 Å². The molecule has 2 aliphatic carbocycles. The van der Waals surface area contributed by atoms with E-state index >= 15 is 0 Å². The van der Waals surface area contributed by atoms with Crippen LogP contribution >= 0.6 is 0 Å². The number of aryl methyl sites for hydroxylation is 1. The molecule has 4 nitrogen and oxygen atoms in total. The average molecular weight is 357 g/mol. The Bertz CT molecular complexity index is 642. The Morgan fingerprint density at radius 2 is 1.46 bits per heavy atom. The standard InChI is InChI=1S/C22H32N2O2/c1-15-7-6-10-20(16(15)2)24-22(26)18-13-11-17(12-14-18)21(25)23-19-8-4-3-5-9-19/h6-7,10,17-19H,3-5,8-9,11-14H2,1-2H3,(H,23,25)(H,24,26). The molecule has 4 heteroatoms. The van der Waals surface area contributed by atoms with Gasteiger partial charge in [0.1, 0.15) is 0 Å². The summed E-state index contributed by atoms with van der Waals surface area (Å²) in [5.74, 6) is 0.422. The van der Waals surface area contributed by atoms with E-state index in [0.29, 0.717) is 6.04 Å². The van der Waals surface area contributed by atoms with Gasteiger partial charge in [-0.3, -0.25) is 9.59 Å². The first-order valence-corrected chi connectivity index (χ1v) is 10.2. The monoisotopic (exact) mass is 356 g/mol. The van der Waals surface area contributed by atoms with Crippen LogP contribution in [0.4, 0.5) is 5.69 Å². The minimum absolute atomic E-state index is 0.0219. The molecule has 2 fully saturated rings. The Hall–Kier alpha value is -1.84. The second-order valence-electron chi connectivity index (χ2n) is 8.13. The van der Waals surface area contributed by atoms with Gasteiger partial charge in [-0.25, -0.2) is 0 Å². The van der Waals surface area contributed by atoms with Gasteiger partial charge in [0, 0.05) is 23.6 Å². The van der Waals surface area contributed by atoms with Crippen molar-refractivity contribution < 1.29 is 9.59 Å². The number of amides is 2. The maximum atomic E-state index is 12.6. The summed E-state index contributed by atoms with van der Waals surface area (Å²) in [7, 11) is 0. The van der Waals surface area contributed by atoms with Crippen LogP contribution in [0.25, 0.3) is 0 Å². The fraction of sp³-hybridized carbons (Fsp3) is 0.636. The molecule has 2 aliphatic rings. The predicted octanol–water partition coefficient (Wildman–Crippen LogP) is 4.50. The number of hydrogen-bond donors (Lipinski definition) is 2. The van der Waals surface area contributed by atoms with Gasteiger partial charge in [-0.05, 0) is 69.6 Å². The van der Waals surface area contributed by atoms with Crippen molar-refractivity contribution in [1.82, 2.24) is 5.32 Å². The summed E-state index contributed by atoms with van der Waals surface area (Å²) >= 11 is 0. The van der Waals surface area contributed by atoms with Gasteiger partial charge in [-0.2, -0.15) is 0 Å². The van der Waals surface area contributed by atoms with Crippen molar-refractivity contribution in [2.75, 3.05) is 5.32 Å². The van der Waals surface area contributed by atoms with Crippen LogP contribution in [0.3, 0.4) is 0 Å². The molecule has 0 saturated heterocycles. The number of benzene rings is 1. The molecule has 0 aromatic heterocycles. The third kappa shape index (κ3) is 4.66. The number of anilines is 1. The summed E-state index contributed by atoms with van der Waals surface area (Å²) in [6, 6.07) is 6.37. The zero-order valence-electron chi connectivity index (χ0n) is 16.1. The highest BCUT2D eigenvalue weighted by atomic mass is 16.2. The summed E-state index contributed by atoms with van der Waals surface area (Å²) < 4.78 is 0. The Balaban J connectivity index is 1.47. The summed E-state index contributed by atoms with van der Waals surface area (Å²) in [6.45, 7) is 4.10. The van der Waals surface area contributed by atoms with Gasteiger partial charge in [-0.1, -0.05) is 31.4 Å². The second kappa shape index (κ2) is 8.70. The largest absolute Gasteiger partial charge is 0.353 e. The van der Waals surface area contributed by atoms with E-state index < -0.39 is 0 Å².